The quantitative estimate of drug-likeness (QED) is 0.443. The van der Waals surface area contributed by atoms with Gasteiger partial charge in [-0.3, -0.25) is 0 Å². The molecule has 0 aliphatic carbocycles. The third kappa shape index (κ3) is 4.17. The van der Waals surface area contributed by atoms with Crippen LogP contribution in [0, 0.1) is 0 Å². The van der Waals surface area contributed by atoms with Crippen LogP contribution in [0.25, 0.3) is 0 Å². The van der Waals surface area contributed by atoms with Gasteiger partial charge in [-0.05, 0) is 31.9 Å². The van der Waals surface area contributed by atoms with Crippen molar-refractivity contribution >= 4 is 7.85 Å². The van der Waals surface area contributed by atoms with Gasteiger partial charge in [-0.25, -0.2) is 4.39 Å². The molecule has 0 heterocycles. The monoisotopic (exact) mass is 164 g/mol. The maximum Gasteiger partial charge on any atom is 0.121 e. The highest BCUT2D eigenvalue weighted by Gasteiger charge is 1.94. The zero-order valence-electron chi connectivity index (χ0n) is 7.89. The minimum absolute atomic E-state index is 0.229. The Labute approximate surface area is 75.3 Å². The summed E-state index contributed by atoms with van der Waals surface area (Å²) in [5.74, 6) is -0.229. The summed E-state index contributed by atoms with van der Waals surface area (Å²) in [6.45, 7) is 5.51. The van der Waals surface area contributed by atoms with Crippen LogP contribution in [0.2, 0.25) is 0 Å². The van der Waals surface area contributed by atoms with E-state index >= 15 is 0 Å². The molecule has 0 aromatic heterocycles. The van der Waals surface area contributed by atoms with Crippen molar-refractivity contribution in [1.29, 1.82) is 0 Å². The van der Waals surface area contributed by atoms with Crippen molar-refractivity contribution in [3.8, 4) is 0 Å². The largest absolute Gasteiger partial charge is 0.207 e. The average Bonchev–Trinajstić information content (AvgIpc) is 2.03. The fraction of sp³-hybridized carbons (Fsp3) is 0.400. The lowest BCUT2D eigenvalue weighted by Gasteiger charge is -1.96. The van der Waals surface area contributed by atoms with E-state index in [0.29, 0.717) is 11.9 Å². The Morgan fingerprint density at radius 2 is 2.08 bits per heavy atom. The predicted octanol–water partition coefficient (Wildman–Crippen LogP) is 3.27. The van der Waals surface area contributed by atoms with Crippen molar-refractivity contribution in [1.82, 2.24) is 0 Å². The molecule has 0 fully saturated rings. The first-order valence-electron chi connectivity index (χ1n) is 4.07. The van der Waals surface area contributed by atoms with Gasteiger partial charge in [0.05, 0.1) is 0 Å². The first kappa shape index (κ1) is 11.2. The number of rotatable bonds is 3. The van der Waals surface area contributed by atoms with E-state index in [1.807, 2.05) is 13.8 Å². The molecule has 0 saturated heterocycles. The first-order valence-corrected chi connectivity index (χ1v) is 4.07. The van der Waals surface area contributed by atoms with Gasteiger partial charge >= 0.3 is 0 Å². The van der Waals surface area contributed by atoms with Crippen LogP contribution in [0.15, 0.2) is 35.1 Å². The number of halogens is 1. The van der Waals surface area contributed by atoms with Crippen LogP contribution in [-0.2, 0) is 0 Å². The Bertz CT molecular complexity index is 224. The van der Waals surface area contributed by atoms with Gasteiger partial charge in [0, 0.05) is 0 Å². The molecule has 0 saturated carbocycles. The van der Waals surface area contributed by atoms with Crippen LogP contribution in [0.4, 0.5) is 4.39 Å². The fourth-order valence-electron chi connectivity index (χ4n) is 0.679. The van der Waals surface area contributed by atoms with Gasteiger partial charge in [0.1, 0.15) is 13.7 Å². The fourth-order valence-corrected chi connectivity index (χ4v) is 0.679. The molecule has 0 unspecified atom stereocenters. The molecule has 0 spiro atoms. The summed E-state index contributed by atoms with van der Waals surface area (Å²) in [6.07, 6.45) is 5.51. The summed E-state index contributed by atoms with van der Waals surface area (Å²) < 4.78 is 13.1. The minimum atomic E-state index is -0.229. The SMILES string of the molecule is [B]C(C=CC)=CC(F)=C(C)CC. The third-order valence-corrected chi connectivity index (χ3v) is 1.59. The highest BCUT2D eigenvalue weighted by atomic mass is 19.1. The van der Waals surface area contributed by atoms with Crippen LogP contribution < -0.4 is 0 Å². The van der Waals surface area contributed by atoms with E-state index in [1.165, 1.54) is 6.08 Å². The van der Waals surface area contributed by atoms with E-state index in [-0.39, 0.29) is 5.83 Å². The number of hydrogen-bond acceptors (Lipinski definition) is 0. The maximum atomic E-state index is 13.1. The van der Waals surface area contributed by atoms with E-state index in [9.17, 15) is 4.39 Å². The lowest BCUT2D eigenvalue weighted by atomic mass is 9.94. The Kier molecular flexibility index (Phi) is 5.43. The summed E-state index contributed by atoms with van der Waals surface area (Å²) in [7, 11) is 5.48. The second-order valence-electron chi connectivity index (χ2n) is 2.63. The predicted molar refractivity (Wildman–Crippen MR) is 52.8 cm³/mol. The van der Waals surface area contributed by atoms with Gasteiger partial charge in [-0.1, -0.05) is 24.5 Å². The molecule has 0 atom stereocenters. The van der Waals surface area contributed by atoms with Crippen molar-refractivity contribution in [2.45, 2.75) is 27.2 Å². The molecule has 0 aromatic carbocycles. The Balaban J connectivity index is 4.52. The first-order chi connectivity index (χ1) is 5.61. The molecule has 64 valence electrons. The molecule has 0 aromatic rings. The van der Waals surface area contributed by atoms with Gasteiger partial charge in [0.2, 0.25) is 0 Å². The molecular weight excluding hydrogens is 150 g/mol. The molecule has 12 heavy (non-hydrogen) atoms. The molecule has 0 bridgehead atoms. The van der Waals surface area contributed by atoms with E-state index in [1.54, 1.807) is 19.1 Å². The zero-order chi connectivity index (χ0) is 9.56. The molecule has 2 radical (unpaired) electrons. The van der Waals surface area contributed by atoms with Gasteiger partial charge in [-0.15, -0.1) is 0 Å². The summed E-state index contributed by atoms with van der Waals surface area (Å²) in [5.41, 5.74) is 1.17. The molecule has 0 nitrogen and oxygen atoms in total. The third-order valence-electron chi connectivity index (χ3n) is 1.59. The van der Waals surface area contributed by atoms with E-state index in [0.717, 1.165) is 5.57 Å². The Morgan fingerprint density at radius 1 is 1.50 bits per heavy atom. The van der Waals surface area contributed by atoms with Crippen LogP contribution in [0.3, 0.4) is 0 Å². The molecular formula is C10H14BF. The van der Waals surface area contributed by atoms with E-state index in [2.05, 4.69) is 0 Å². The van der Waals surface area contributed by atoms with Crippen molar-refractivity contribution in [2.24, 2.45) is 0 Å². The van der Waals surface area contributed by atoms with Crippen LogP contribution >= 0.6 is 0 Å². The summed E-state index contributed by atoms with van der Waals surface area (Å²) in [6, 6.07) is 0. The second kappa shape index (κ2) is 5.81. The van der Waals surface area contributed by atoms with Gasteiger partial charge in [-0.2, -0.15) is 0 Å². The van der Waals surface area contributed by atoms with Crippen molar-refractivity contribution in [3.63, 3.8) is 0 Å². The Morgan fingerprint density at radius 3 is 2.50 bits per heavy atom. The van der Waals surface area contributed by atoms with Crippen LogP contribution in [0.1, 0.15) is 27.2 Å². The summed E-state index contributed by atoms with van der Waals surface area (Å²) in [5, 5.41) is 0. The molecule has 0 aliphatic rings. The van der Waals surface area contributed by atoms with E-state index in [4.69, 9.17) is 7.85 Å². The average molecular weight is 164 g/mol. The standard InChI is InChI=1S/C10H14BF/c1-4-6-9(11)7-10(12)8(3)5-2/h4,6-7H,5H2,1-3H3. The van der Waals surface area contributed by atoms with Gasteiger partial charge < -0.3 is 0 Å². The van der Waals surface area contributed by atoms with Crippen molar-refractivity contribution in [2.75, 3.05) is 0 Å². The van der Waals surface area contributed by atoms with Gasteiger partial charge in [0.15, 0.2) is 0 Å². The molecule has 0 aliphatic heterocycles. The summed E-state index contributed by atoms with van der Waals surface area (Å²) in [4.78, 5) is 0. The highest BCUT2D eigenvalue weighted by molar-refractivity contribution is 6.23. The summed E-state index contributed by atoms with van der Waals surface area (Å²) >= 11 is 0. The highest BCUT2D eigenvalue weighted by Crippen LogP contribution is 2.12. The molecule has 0 rings (SSSR count). The minimum Gasteiger partial charge on any atom is -0.207 e. The molecule has 0 N–H and O–H groups in total. The number of hydrogen-bond donors (Lipinski definition) is 0. The maximum absolute atomic E-state index is 13.1. The molecule has 2 heteroatoms. The van der Waals surface area contributed by atoms with Crippen molar-refractivity contribution < 1.29 is 4.39 Å². The van der Waals surface area contributed by atoms with Crippen molar-refractivity contribution in [3.05, 3.63) is 35.1 Å². The van der Waals surface area contributed by atoms with Crippen LogP contribution in [-0.4, -0.2) is 7.85 Å². The smallest absolute Gasteiger partial charge is 0.121 e. The normalized spacial score (nSPS) is 15.2. The number of allylic oxidation sites excluding steroid dienone is 6. The Hall–Kier alpha value is -0.785. The molecule has 0 amide bonds. The topological polar surface area (TPSA) is 0 Å². The van der Waals surface area contributed by atoms with Crippen LogP contribution in [0.5, 0.6) is 0 Å². The van der Waals surface area contributed by atoms with E-state index < -0.39 is 0 Å². The lowest BCUT2D eigenvalue weighted by Crippen LogP contribution is -1.80. The van der Waals surface area contributed by atoms with Gasteiger partial charge in [0.25, 0.3) is 0 Å². The second-order valence-corrected chi connectivity index (χ2v) is 2.63. The lowest BCUT2D eigenvalue weighted by molar-refractivity contribution is 0.647. The zero-order valence-corrected chi connectivity index (χ0v) is 7.89.